The third kappa shape index (κ3) is 6.09. The zero-order valence-corrected chi connectivity index (χ0v) is 24.1. The van der Waals surface area contributed by atoms with Gasteiger partial charge >= 0.3 is 0 Å². The summed E-state index contributed by atoms with van der Waals surface area (Å²) in [7, 11) is 0. The summed E-state index contributed by atoms with van der Waals surface area (Å²) in [4.78, 5) is 40.5. The predicted molar refractivity (Wildman–Crippen MR) is 166 cm³/mol. The van der Waals surface area contributed by atoms with E-state index in [4.69, 9.17) is 4.98 Å². The molecule has 2 aliphatic heterocycles. The predicted octanol–water partition coefficient (Wildman–Crippen LogP) is 4.07. The summed E-state index contributed by atoms with van der Waals surface area (Å²) >= 11 is 0. The van der Waals surface area contributed by atoms with E-state index in [1.165, 1.54) is 5.69 Å². The topological polar surface area (TPSA) is 107 Å². The van der Waals surface area contributed by atoms with Crippen LogP contribution in [0.1, 0.15) is 59.8 Å². The number of carbonyl (C=O) groups is 2. The molecule has 2 saturated heterocycles. The molecular weight excluding hydrogens is 530 g/mol. The fraction of sp³-hybridized carbons (Fsp3) is 0.562. The van der Waals surface area contributed by atoms with E-state index in [0.717, 1.165) is 62.0 Å². The molecule has 1 aromatic carbocycles. The maximum Gasteiger partial charge on any atom is 0.225 e. The summed E-state index contributed by atoms with van der Waals surface area (Å²) in [5, 5.41) is 14.4. The number of fused-ring (bicyclic) bond motifs is 1. The van der Waals surface area contributed by atoms with Gasteiger partial charge in [0.05, 0.1) is 11.6 Å². The average molecular weight is 576 g/mol. The first-order chi connectivity index (χ1) is 19.9. The van der Waals surface area contributed by atoms with Gasteiger partial charge in [-0.2, -0.15) is 4.98 Å². The minimum atomic E-state index is -0.264. The van der Waals surface area contributed by atoms with E-state index >= 15 is 0 Å². The maximum atomic E-state index is 13.0. The Labute approximate surface area is 248 Å². The monoisotopic (exact) mass is 575 g/mol. The number of rotatable bonds is 5. The second-order valence-electron chi connectivity index (χ2n) is 11.9. The molecule has 3 aliphatic rings. The van der Waals surface area contributed by atoms with Crippen molar-refractivity contribution in [2.75, 3.05) is 42.9 Å². The van der Waals surface area contributed by atoms with E-state index in [-0.39, 0.29) is 43.3 Å². The van der Waals surface area contributed by atoms with Crippen LogP contribution >= 0.6 is 0 Å². The van der Waals surface area contributed by atoms with Crippen LogP contribution in [-0.2, 0) is 9.59 Å². The summed E-state index contributed by atoms with van der Waals surface area (Å²) in [5.74, 6) is 1.87. The lowest BCUT2D eigenvalue weighted by molar-refractivity contribution is -0.138. The molecule has 0 radical (unpaired) electrons. The second-order valence-corrected chi connectivity index (χ2v) is 11.9. The van der Waals surface area contributed by atoms with Gasteiger partial charge in [-0.1, -0.05) is 13.5 Å². The van der Waals surface area contributed by atoms with Gasteiger partial charge in [0.1, 0.15) is 5.82 Å². The maximum absolute atomic E-state index is 13.0. The number of benzene rings is 1. The van der Waals surface area contributed by atoms with Crippen molar-refractivity contribution in [2.45, 2.75) is 78.0 Å². The summed E-state index contributed by atoms with van der Waals surface area (Å²) in [6, 6.07) is 10.9. The van der Waals surface area contributed by atoms with Crippen molar-refractivity contribution in [3.63, 3.8) is 0 Å². The molecule has 2 N–H and O–H groups in total. The van der Waals surface area contributed by atoms with E-state index in [9.17, 15) is 14.7 Å². The Morgan fingerprint density at radius 2 is 1.71 bits per heavy atom. The highest BCUT2D eigenvalue weighted by molar-refractivity contribution is 5.94. The van der Waals surface area contributed by atoms with Crippen molar-refractivity contribution >= 4 is 34.4 Å². The Balaban J connectivity index is 0.00000353. The van der Waals surface area contributed by atoms with Crippen molar-refractivity contribution in [3.05, 3.63) is 42.7 Å². The number of hydrogen-bond acceptors (Lipinski definition) is 7. The summed E-state index contributed by atoms with van der Waals surface area (Å²) in [6.07, 6.45) is 8.50. The third-order valence-electron chi connectivity index (χ3n) is 9.17. The number of nitrogens with zero attached hydrogens (tertiary/aromatic N) is 6. The summed E-state index contributed by atoms with van der Waals surface area (Å²) in [5.41, 5.74) is 2.26. The second kappa shape index (κ2) is 12.7. The van der Waals surface area contributed by atoms with E-state index in [1.54, 1.807) is 13.1 Å². The summed E-state index contributed by atoms with van der Waals surface area (Å²) < 4.78 is 2.10. The van der Waals surface area contributed by atoms with Crippen LogP contribution in [0.4, 0.5) is 11.6 Å². The van der Waals surface area contributed by atoms with Crippen LogP contribution < -0.4 is 10.2 Å². The molecule has 3 aromatic rings. The van der Waals surface area contributed by atoms with Crippen molar-refractivity contribution < 1.29 is 14.7 Å². The van der Waals surface area contributed by atoms with E-state index in [2.05, 4.69) is 57.2 Å². The highest BCUT2D eigenvalue weighted by atomic mass is 16.3. The number of aliphatic hydroxyl groups is 1. The first-order valence-electron chi connectivity index (χ1n) is 15.1. The molecule has 10 heteroatoms. The van der Waals surface area contributed by atoms with E-state index < -0.39 is 0 Å². The number of aliphatic hydroxyl groups excluding tert-OH is 1. The minimum Gasteiger partial charge on any atom is -0.393 e. The number of piperidine rings is 1. The normalized spacial score (nSPS) is 23.5. The lowest BCUT2D eigenvalue weighted by atomic mass is 9.85. The first kappa shape index (κ1) is 29.8. The SMILES string of the molecule is C.CC(=O)N1CCN(c2cccc3c2ccn3-c2ccnc(NC3CCC(C(=O)N4CCC(O)CC4)CC3)n2)[C@H](C)C1. The number of likely N-dealkylation sites (tertiary alicyclic amines) is 1. The molecule has 2 amide bonds. The standard InChI is InChI=1S/C31H41N7O3.CH4/c1-21-20-36(22(2)39)18-19-37(21)27-4-3-5-28-26(27)13-17-38(28)29-10-14-32-31(34-29)33-24-8-6-23(7-9-24)30(41)35-15-11-25(40)12-16-35;/h3-5,10,13-14,17,21,23-25,40H,6-9,11-12,15-16,18-20H2,1-2H3,(H,32,33,34);1H4/t21-,23?,24?;/m1./s1. The number of piperazine rings is 1. The number of amides is 2. The third-order valence-corrected chi connectivity index (χ3v) is 9.17. The molecule has 226 valence electrons. The van der Waals surface area contributed by atoms with Gasteiger partial charge in [-0.25, -0.2) is 4.98 Å². The Bertz CT molecular complexity index is 1390. The van der Waals surface area contributed by atoms with Gasteiger partial charge in [0, 0.05) is 81.1 Å². The molecule has 0 spiro atoms. The van der Waals surface area contributed by atoms with E-state index in [0.29, 0.717) is 31.9 Å². The molecule has 0 unspecified atom stereocenters. The molecule has 2 aromatic heterocycles. The lowest BCUT2D eigenvalue weighted by Crippen LogP contribution is -2.53. The van der Waals surface area contributed by atoms with Gasteiger partial charge in [0.2, 0.25) is 17.8 Å². The van der Waals surface area contributed by atoms with Crippen LogP contribution in [0, 0.1) is 5.92 Å². The fourth-order valence-corrected chi connectivity index (χ4v) is 6.77. The minimum absolute atomic E-state index is 0. The number of nitrogens with one attached hydrogen (secondary N) is 1. The van der Waals surface area contributed by atoms with Gasteiger partial charge in [0.15, 0.2) is 0 Å². The zero-order valence-electron chi connectivity index (χ0n) is 24.1. The van der Waals surface area contributed by atoms with Crippen molar-refractivity contribution in [1.82, 2.24) is 24.3 Å². The van der Waals surface area contributed by atoms with Crippen molar-refractivity contribution in [2.24, 2.45) is 5.92 Å². The van der Waals surface area contributed by atoms with Crippen LogP contribution in [0.15, 0.2) is 42.7 Å². The van der Waals surface area contributed by atoms with Crippen LogP contribution in [0.3, 0.4) is 0 Å². The largest absolute Gasteiger partial charge is 0.393 e. The lowest BCUT2D eigenvalue weighted by Gasteiger charge is -2.41. The Hall–Kier alpha value is -3.66. The van der Waals surface area contributed by atoms with Crippen LogP contribution in [0.5, 0.6) is 0 Å². The van der Waals surface area contributed by atoms with Crippen LogP contribution in [0.2, 0.25) is 0 Å². The molecule has 6 rings (SSSR count). The summed E-state index contributed by atoms with van der Waals surface area (Å²) in [6.45, 7) is 7.43. The van der Waals surface area contributed by atoms with Gasteiger partial charge in [0.25, 0.3) is 0 Å². The van der Waals surface area contributed by atoms with Gasteiger partial charge < -0.3 is 29.7 Å². The Kier molecular flexibility index (Phi) is 9.01. The van der Waals surface area contributed by atoms with Crippen molar-refractivity contribution in [3.8, 4) is 5.82 Å². The molecule has 1 saturated carbocycles. The molecule has 1 aliphatic carbocycles. The number of aromatic nitrogens is 3. The van der Waals surface area contributed by atoms with Gasteiger partial charge in [-0.15, -0.1) is 0 Å². The van der Waals surface area contributed by atoms with Gasteiger partial charge in [-0.05, 0) is 69.7 Å². The molecular formula is C32H45N7O3. The first-order valence-corrected chi connectivity index (χ1v) is 15.1. The Morgan fingerprint density at radius 1 is 0.952 bits per heavy atom. The molecule has 3 fully saturated rings. The average Bonchev–Trinajstić information content (AvgIpc) is 3.42. The van der Waals surface area contributed by atoms with E-state index in [1.807, 2.05) is 15.9 Å². The van der Waals surface area contributed by atoms with Gasteiger partial charge in [-0.3, -0.25) is 9.59 Å². The highest BCUT2D eigenvalue weighted by Gasteiger charge is 2.31. The molecule has 4 heterocycles. The molecule has 0 bridgehead atoms. The highest BCUT2D eigenvalue weighted by Crippen LogP contribution is 2.32. The quantitative estimate of drug-likeness (QED) is 0.472. The molecule has 1 atom stereocenters. The number of anilines is 2. The zero-order chi connectivity index (χ0) is 28.5. The van der Waals surface area contributed by atoms with Crippen LogP contribution in [-0.4, -0.2) is 92.2 Å². The molecule has 10 nitrogen and oxygen atoms in total. The smallest absolute Gasteiger partial charge is 0.225 e. The van der Waals surface area contributed by atoms with Crippen LogP contribution in [0.25, 0.3) is 16.7 Å². The number of carbonyl (C=O) groups excluding carboxylic acids is 2. The van der Waals surface area contributed by atoms with Crippen molar-refractivity contribution in [1.29, 1.82) is 0 Å². The number of hydrogen-bond donors (Lipinski definition) is 2. The fourth-order valence-electron chi connectivity index (χ4n) is 6.77. The molecule has 42 heavy (non-hydrogen) atoms. The Morgan fingerprint density at radius 3 is 2.43 bits per heavy atom.